The molecule has 0 atom stereocenters. The summed E-state index contributed by atoms with van der Waals surface area (Å²) in [5, 5.41) is 4.51. The summed E-state index contributed by atoms with van der Waals surface area (Å²) in [6.07, 6.45) is 0.842. The second kappa shape index (κ2) is 9.07. The van der Waals surface area contributed by atoms with E-state index in [0.717, 1.165) is 21.5 Å². The molecular weight excluding hydrogens is 388 g/mol. The van der Waals surface area contributed by atoms with Crippen molar-refractivity contribution >= 4 is 32.4 Å². The van der Waals surface area contributed by atoms with Crippen LogP contribution < -0.4 is 10.1 Å². The Hall–Kier alpha value is -2.90. The molecule has 0 aliphatic rings. The topological polar surface area (TPSA) is 75.7 Å². The lowest BCUT2D eigenvalue weighted by Gasteiger charge is -2.18. The van der Waals surface area contributed by atoms with Crippen molar-refractivity contribution in [3.05, 3.63) is 66.7 Å². The van der Waals surface area contributed by atoms with Crippen molar-refractivity contribution in [2.24, 2.45) is 0 Å². The predicted octanol–water partition coefficient (Wildman–Crippen LogP) is 3.89. The minimum absolute atomic E-state index is 0.151. The highest BCUT2D eigenvalue weighted by molar-refractivity contribution is 7.89. The van der Waals surface area contributed by atoms with Gasteiger partial charge in [-0.2, -0.15) is 4.31 Å². The van der Waals surface area contributed by atoms with Crippen molar-refractivity contribution in [1.29, 1.82) is 0 Å². The Bertz CT molecular complexity index is 1110. The molecule has 0 saturated heterocycles. The standard InChI is InChI=1S/C22H24N2O4S/c1-3-14-28-21-11-7-6-10-20(21)23-22(25)16-24(2)29(26,27)19-13-12-17-8-4-5-9-18(17)15-19/h4-13,15H,3,14,16H2,1-2H3,(H,23,25). The van der Waals surface area contributed by atoms with Crippen molar-refractivity contribution < 1.29 is 17.9 Å². The maximum absolute atomic E-state index is 12.9. The Morgan fingerprint density at radius 3 is 2.45 bits per heavy atom. The van der Waals surface area contributed by atoms with E-state index in [0.29, 0.717) is 18.0 Å². The minimum atomic E-state index is -3.80. The average Bonchev–Trinajstić information content (AvgIpc) is 2.72. The zero-order chi connectivity index (χ0) is 20.9. The molecule has 29 heavy (non-hydrogen) atoms. The van der Waals surface area contributed by atoms with Crippen LogP contribution in [0.25, 0.3) is 10.8 Å². The summed E-state index contributed by atoms with van der Waals surface area (Å²) in [5.41, 5.74) is 0.516. The highest BCUT2D eigenvalue weighted by Crippen LogP contribution is 2.24. The molecule has 0 aliphatic heterocycles. The molecule has 0 spiro atoms. The quantitative estimate of drug-likeness (QED) is 0.609. The van der Waals surface area contributed by atoms with Crippen LogP contribution in [0.4, 0.5) is 5.69 Å². The minimum Gasteiger partial charge on any atom is -0.491 e. The second-order valence-corrected chi connectivity index (χ2v) is 8.71. The second-order valence-electron chi connectivity index (χ2n) is 6.66. The van der Waals surface area contributed by atoms with Crippen LogP contribution in [-0.2, 0) is 14.8 Å². The molecule has 0 heterocycles. The van der Waals surface area contributed by atoms with Crippen molar-refractivity contribution in [2.45, 2.75) is 18.2 Å². The Balaban J connectivity index is 1.73. The number of benzene rings is 3. The molecular formula is C22H24N2O4S. The Kier molecular flexibility index (Phi) is 6.51. The number of sulfonamides is 1. The van der Waals surface area contributed by atoms with Crippen LogP contribution in [0, 0.1) is 0 Å². The third-order valence-electron chi connectivity index (χ3n) is 4.42. The number of hydrogen-bond donors (Lipinski definition) is 1. The largest absolute Gasteiger partial charge is 0.491 e. The van der Waals surface area contributed by atoms with Gasteiger partial charge >= 0.3 is 0 Å². The van der Waals surface area contributed by atoms with Gasteiger partial charge < -0.3 is 10.1 Å². The van der Waals surface area contributed by atoms with Gasteiger partial charge in [-0.3, -0.25) is 4.79 Å². The number of ether oxygens (including phenoxy) is 1. The van der Waals surface area contributed by atoms with Gasteiger partial charge in [-0.25, -0.2) is 8.42 Å². The highest BCUT2D eigenvalue weighted by Gasteiger charge is 2.23. The summed E-state index contributed by atoms with van der Waals surface area (Å²) >= 11 is 0. The van der Waals surface area contributed by atoms with Gasteiger partial charge in [0.15, 0.2) is 0 Å². The van der Waals surface area contributed by atoms with Crippen molar-refractivity contribution in [1.82, 2.24) is 4.31 Å². The number of likely N-dealkylation sites (N-methyl/N-ethyl adjacent to an activating group) is 1. The molecule has 0 fully saturated rings. The summed E-state index contributed by atoms with van der Waals surface area (Å²) in [6, 6.07) is 19.5. The van der Waals surface area contributed by atoms with Crippen LogP contribution in [0.3, 0.4) is 0 Å². The summed E-state index contributed by atoms with van der Waals surface area (Å²) in [5.74, 6) is 0.118. The van der Waals surface area contributed by atoms with E-state index in [-0.39, 0.29) is 11.4 Å². The predicted molar refractivity (Wildman–Crippen MR) is 115 cm³/mol. The number of nitrogens with one attached hydrogen (secondary N) is 1. The molecule has 0 bridgehead atoms. The fourth-order valence-electron chi connectivity index (χ4n) is 2.89. The highest BCUT2D eigenvalue weighted by atomic mass is 32.2. The van der Waals surface area contributed by atoms with Gasteiger partial charge in [0, 0.05) is 7.05 Å². The number of rotatable bonds is 8. The molecule has 3 rings (SSSR count). The molecule has 0 unspecified atom stereocenters. The lowest BCUT2D eigenvalue weighted by Crippen LogP contribution is -2.35. The molecule has 3 aromatic rings. The van der Waals surface area contributed by atoms with Crippen LogP contribution in [-0.4, -0.2) is 38.8 Å². The first-order valence-corrected chi connectivity index (χ1v) is 10.8. The molecule has 0 aliphatic carbocycles. The van der Waals surface area contributed by atoms with E-state index in [1.54, 1.807) is 36.4 Å². The number of para-hydroxylation sites is 2. The lowest BCUT2D eigenvalue weighted by molar-refractivity contribution is -0.116. The molecule has 0 aromatic heterocycles. The zero-order valence-corrected chi connectivity index (χ0v) is 17.3. The van der Waals surface area contributed by atoms with Crippen LogP contribution >= 0.6 is 0 Å². The summed E-state index contributed by atoms with van der Waals surface area (Å²) in [4.78, 5) is 12.6. The first-order valence-electron chi connectivity index (χ1n) is 9.38. The first kappa shape index (κ1) is 20.8. The third-order valence-corrected chi connectivity index (χ3v) is 6.22. The normalized spacial score (nSPS) is 11.6. The number of fused-ring (bicyclic) bond motifs is 1. The molecule has 6 nitrogen and oxygen atoms in total. The van der Waals surface area contributed by atoms with Gasteiger partial charge in [-0.1, -0.05) is 49.4 Å². The van der Waals surface area contributed by atoms with Crippen molar-refractivity contribution in [2.75, 3.05) is 25.5 Å². The molecule has 1 amide bonds. The van der Waals surface area contributed by atoms with Crippen molar-refractivity contribution in [3.63, 3.8) is 0 Å². The molecule has 0 radical (unpaired) electrons. The van der Waals surface area contributed by atoms with E-state index in [1.807, 2.05) is 37.3 Å². The smallest absolute Gasteiger partial charge is 0.243 e. The van der Waals surface area contributed by atoms with E-state index in [4.69, 9.17) is 4.74 Å². The molecule has 1 N–H and O–H groups in total. The van der Waals surface area contributed by atoms with E-state index < -0.39 is 15.9 Å². The van der Waals surface area contributed by atoms with E-state index in [9.17, 15) is 13.2 Å². The SMILES string of the molecule is CCCOc1ccccc1NC(=O)CN(C)S(=O)(=O)c1ccc2ccccc2c1. The van der Waals surface area contributed by atoms with Crippen LogP contribution in [0.2, 0.25) is 0 Å². The monoisotopic (exact) mass is 412 g/mol. The van der Waals surface area contributed by atoms with Gasteiger partial charge in [0.25, 0.3) is 0 Å². The van der Waals surface area contributed by atoms with Gasteiger partial charge in [0.05, 0.1) is 23.7 Å². The molecule has 3 aromatic carbocycles. The number of carbonyl (C=O) groups is 1. The van der Waals surface area contributed by atoms with E-state index in [2.05, 4.69) is 5.32 Å². The van der Waals surface area contributed by atoms with Crippen LogP contribution in [0.15, 0.2) is 71.6 Å². The summed E-state index contributed by atoms with van der Waals surface area (Å²) < 4.78 is 32.5. The third kappa shape index (κ3) is 4.93. The summed E-state index contributed by atoms with van der Waals surface area (Å²) in [6.45, 7) is 2.22. The number of carbonyl (C=O) groups excluding carboxylic acids is 1. The fraction of sp³-hybridized carbons (Fsp3) is 0.227. The van der Waals surface area contributed by atoms with Gasteiger partial charge in [-0.15, -0.1) is 0 Å². The first-order chi connectivity index (χ1) is 13.9. The van der Waals surface area contributed by atoms with Crippen LogP contribution in [0.1, 0.15) is 13.3 Å². The molecule has 0 saturated carbocycles. The number of nitrogens with zero attached hydrogens (tertiary/aromatic N) is 1. The number of amides is 1. The van der Waals surface area contributed by atoms with Crippen molar-refractivity contribution in [3.8, 4) is 5.75 Å². The maximum atomic E-state index is 12.9. The van der Waals surface area contributed by atoms with Crippen LogP contribution in [0.5, 0.6) is 5.75 Å². The van der Waals surface area contributed by atoms with E-state index in [1.165, 1.54) is 7.05 Å². The van der Waals surface area contributed by atoms with Gasteiger partial charge in [-0.05, 0) is 41.5 Å². The van der Waals surface area contributed by atoms with Gasteiger partial charge in [0.1, 0.15) is 5.75 Å². The molecule has 7 heteroatoms. The lowest BCUT2D eigenvalue weighted by atomic mass is 10.1. The average molecular weight is 413 g/mol. The van der Waals surface area contributed by atoms with Gasteiger partial charge in [0.2, 0.25) is 15.9 Å². The maximum Gasteiger partial charge on any atom is 0.243 e. The summed E-state index contributed by atoms with van der Waals surface area (Å²) in [7, 11) is -2.41. The Morgan fingerprint density at radius 2 is 1.69 bits per heavy atom. The zero-order valence-electron chi connectivity index (χ0n) is 16.5. The Morgan fingerprint density at radius 1 is 1.00 bits per heavy atom. The fourth-order valence-corrected chi connectivity index (χ4v) is 4.06. The number of anilines is 1. The molecule has 152 valence electrons. The van der Waals surface area contributed by atoms with E-state index >= 15 is 0 Å². The Labute approximate surface area is 171 Å². The number of hydrogen-bond acceptors (Lipinski definition) is 4.